The number of anilines is 1. The van der Waals surface area contributed by atoms with Crippen LogP contribution in [0.3, 0.4) is 0 Å². The van der Waals surface area contributed by atoms with Crippen LogP contribution < -0.4 is 17.0 Å². The number of piperidine rings is 1. The van der Waals surface area contributed by atoms with Gasteiger partial charge in [0.15, 0.2) is 0 Å². The lowest BCUT2D eigenvalue weighted by atomic mass is 9.82. The first-order valence-electron chi connectivity index (χ1n) is 7.54. The number of nitrogens with zero attached hydrogens (tertiary/aromatic N) is 2. The van der Waals surface area contributed by atoms with Crippen molar-refractivity contribution in [3.63, 3.8) is 0 Å². The van der Waals surface area contributed by atoms with Crippen LogP contribution in [0.1, 0.15) is 51.1 Å². The minimum Gasteiger partial charge on any atom is -0.398 e. The van der Waals surface area contributed by atoms with Crippen LogP contribution in [0.5, 0.6) is 0 Å². The Morgan fingerprint density at radius 2 is 2.10 bits per heavy atom. The van der Waals surface area contributed by atoms with Gasteiger partial charge in [0.05, 0.1) is 6.04 Å². The van der Waals surface area contributed by atoms with Crippen LogP contribution in [0.15, 0.2) is 18.5 Å². The van der Waals surface area contributed by atoms with Gasteiger partial charge in [-0.3, -0.25) is 21.2 Å². The molecule has 0 saturated carbocycles. The van der Waals surface area contributed by atoms with E-state index < -0.39 is 0 Å². The van der Waals surface area contributed by atoms with Crippen LogP contribution >= 0.6 is 0 Å². The summed E-state index contributed by atoms with van der Waals surface area (Å²) in [7, 11) is 0. The molecule has 0 bridgehead atoms. The van der Waals surface area contributed by atoms with E-state index in [2.05, 4.69) is 29.2 Å². The van der Waals surface area contributed by atoms with Crippen molar-refractivity contribution in [3.05, 3.63) is 24.0 Å². The van der Waals surface area contributed by atoms with Gasteiger partial charge in [0.25, 0.3) is 0 Å². The van der Waals surface area contributed by atoms with Crippen molar-refractivity contribution in [2.24, 2.45) is 5.84 Å². The molecule has 1 saturated heterocycles. The van der Waals surface area contributed by atoms with E-state index in [1.807, 2.05) is 12.3 Å². The van der Waals surface area contributed by atoms with Crippen LogP contribution in [-0.4, -0.2) is 28.5 Å². The quantitative estimate of drug-likeness (QED) is 0.565. The normalized spacial score (nSPS) is 21.4. The molecule has 5 nitrogen and oxygen atoms in total. The molecule has 1 aromatic heterocycles. The molecular formula is C15H27N5. The number of likely N-dealkylation sites (tertiary alicyclic amines) is 1. The highest BCUT2D eigenvalue weighted by molar-refractivity contribution is 5.47. The smallest absolute Gasteiger partial charge is 0.0676 e. The minimum atomic E-state index is -0.0493. The molecule has 1 aliphatic heterocycles. The fourth-order valence-corrected chi connectivity index (χ4v) is 3.28. The first-order valence-corrected chi connectivity index (χ1v) is 7.54. The van der Waals surface area contributed by atoms with Gasteiger partial charge in [-0.2, -0.15) is 0 Å². The average molecular weight is 277 g/mol. The number of hydrazine groups is 1. The third kappa shape index (κ3) is 2.80. The monoisotopic (exact) mass is 277 g/mol. The van der Waals surface area contributed by atoms with Gasteiger partial charge in [0.1, 0.15) is 0 Å². The van der Waals surface area contributed by atoms with Gasteiger partial charge in [-0.05, 0) is 45.3 Å². The van der Waals surface area contributed by atoms with E-state index in [1.165, 1.54) is 19.3 Å². The molecule has 0 aliphatic carbocycles. The Labute approximate surface area is 121 Å². The van der Waals surface area contributed by atoms with Crippen LogP contribution in [-0.2, 0) is 0 Å². The summed E-state index contributed by atoms with van der Waals surface area (Å²) < 4.78 is 0. The number of nitrogen functional groups attached to an aromatic ring is 1. The van der Waals surface area contributed by atoms with Crippen molar-refractivity contribution in [2.75, 3.05) is 18.8 Å². The number of hydrogen-bond acceptors (Lipinski definition) is 5. The average Bonchev–Trinajstić information content (AvgIpc) is 2.50. The molecule has 20 heavy (non-hydrogen) atoms. The zero-order chi connectivity index (χ0) is 14.6. The second-order valence-corrected chi connectivity index (χ2v) is 5.86. The number of hydrogen-bond donors (Lipinski definition) is 3. The number of nitrogens with two attached hydrogens (primary N) is 2. The highest BCUT2D eigenvalue weighted by Crippen LogP contribution is 2.37. The summed E-state index contributed by atoms with van der Waals surface area (Å²) >= 11 is 0. The lowest BCUT2D eigenvalue weighted by Crippen LogP contribution is -2.57. The van der Waals surface area contributed by atoms with Gasteiger partial charge < -0.3 is 5.73 Å². The maximum atomic E-state index is 6.12. The molecule has 2 heterocycles. The first kappa shape index (κ1) is 15.2. The van der Waals surface area contributed by atoms with Crippen molar-refractivity contribution in [1.82, 2.24) is 15.3 Å². The van der Waals surface area contributed by atoms with Gasteiger partial charge in [0.2, 0.25) is 0 Å². The Morgan fingerprint density at radius 3 is 2.65 bits per heavy atom. The topological polar surface area (TPSA) is 80.2 Å². The van der Waals surface area contributed by atoms with Crippen molar-refractivity contribution >= 4 is 5.69 Å². The molecule has 0 aromatic carbocycles. The fraction of sp³-hybridized carbons (Fsp3) is 0.667. The van der Waals surface area contributed by atoms with E-state index in [0.717, 1.165) is 30.8 Å². The van der Waals surface area contributed by atoms with Crippen molar-refractivity contribution in [1.29, 1.82) is 0 Å². The zero-order valence-corrected chi connectivity index (χ0v) is 12.6. The van der Waals surface area contributed by atoms with Gasteiger partial charge >= 0.3 is 0 Å². The predicted octanol–water partition coefficient (Wildman–Crippen LogP) is 1.82. The maximum absolute atomic E-state index is 6.12. The molecule has 2 unspecified atom stereocenters. The van der Waals surface area contributed by atoms with Gasteiger partial charge in [-0.1, -0.05) is 13.3 Å². The van der Waals surface area contributed by atoms with E-state index >= 15 is 0 Å². The maximum Gasteiger partial charge on any atom is 0.0676 e. The minimum absolute atomic E-state index is 0.0145. The van der Waals surface area contributed by atoms with E-state index in [4.69, 9.17) is 11.6 Å². The van der Waals surface area contributed by atoms with Crippen LogP contribution in [0, 0.1) is 0 Å². The van der Waals surface area contributed by atoms with Crippen molar-refractivity contribution in [3.8, 4) is 0 Å². The standard InChI is InChI=1S/C15H27N5/c1-3-15(2,20-9-5-4-6-10-20)14(19-17)12-11-18-8-7-13(12)16/h7-8,11,14,19H,3-6,9-10,17H2,1-2H3,(H2,16,18). The van der Waals surface area contributed by atoms with E-state index in [0.29, 0.717) is 0 Å². The third-order valence-corrected chi connectivity index (χ3v) is 4.78. The molecule has 2 atom stereocenters. The fourth-order valence-electron chi connectivity index (χ4n) is 3.28. The number of pyridine rings is 1. The van der Waals surface area contributed by atoms with Gasteiger partial charge in [-0.15, -0.1) is 0 Å². The summed E-state index contributed by atoms with van der Waals surface area (Å²) in [4.78, 5) is 6.76. The van der Waals surface area contributed by atoms with E-state index in [-0.39, 0.29) is 11.6 Å². The van der Waals surface area contributed by atoms with Crippen molar-refractivity contribution < 1.29 is 0 Å². The van der Waals surface area contributed by atoms with E-state index in [1.54, 1.807) is 6.20 Å². The van der Waals surface area contributed by atoms with Gasteiger partial charge in [-0.25, -0.2) is 0 Å². The molecule has 112 valence electrons. The molecule has 1 fully saturated rings. The highest BCUT2D eigenvalue weighted by atomic mass is 15.3. The van der Waals surface area contributed by atoms with E-state index in [9.17, 15) is 0 Å². The Kier molecular flexibility index (Phi) is 4.96. The largest absolute Gasteiger partial charge is 0.398 e. The second kappa shape index (κ2) is 6.52. The van der Waals surface area contributed by atoms with Crippen LogP contribution in [0.25, 0.3) is 0 Å². The summed E-state index contributed by atoms with van der Waals surface area (Å²) in [6.07, 6.45) is 8.40. The number of aromatic nitrogens is 1. The number of rotatable bonds is 5. The lowest BCUT2D eigenvalue weighted by molar-refractivity contribution is 0.0425. The molecule has 0 spiro atoms. The molecule has 0 radical (unpaired) electrons. The second-order valence-electron chi connectivity index (χ2n) is 5.86. The molecule has 2 rings (SSSR count). The molecule has 1 aliphatic rings. The summed E-state index contributed by atoms with van der Waals surface area (Å²) in [6, 6.07) is 1.82. The van der Waals surface area contributed by atoms with Crippen LogP contribution in [0.4, 0.5) is 5.69 Å². The molecule has 5 N–H and O–H groups in total. The third-order valence-electron chi connectivity index (χ3n) is 4.78. The highest BCUT2D eigenvalue weighted by Gasteiger charge is 2.39. The lowest BCUT2D eigenvalue weighted by Gasteiger charge is -2.48. The summed E-state index contributed by atoms with van der Waals surface area (Å²) in [5, 5.41) is 0. The molecule has 1 aromatic rings. The summed E-state index contributed by atoms with van der Waals surface area (Å²) in [5.41, 5.74) is 10.8. The predicted molar refractivity (Wildman–Crippen MR) is 82.8 cm³/mol. The molecule has 0 amide bonds. The number of nitrogens with one attached hydrogen (secondary N) is 1. The zero-order valence-electron chi connectivity index (χ0n) is 12.6. The van der Waals surface area contributed by atoms with Gasteiger partial charge in [0, 0.05) is 29.2 Å². The first-order chi connectivity index (χ1) is 9.63. The Morgan fingerprint density at radius 1 is 1.40 bits per heavy atom. The molecule has 5 heteroatoms. The Hall–Kier alpha value is -1.17. The van der Waals surface area contributed by atoms with Crippen molar-refractivity contribution in [2.45, 2.75) is 51.1 Å². The Balaban J connectivity index is 2.33. The SMILES string of the molecule is CCC(C)(C(NN)c1cnccc1N)N1CCCCC1. The Bertz CT molecular complexity index is 430. The van der Waals surface area contributed by atoms with Crippen LogP contribution in [0.2, 0.25) is 0 Å². The summed E-state index contributed by atoms with van der Waals surface area (Å²) in [6.45, 7) is 6.74. The summed E-state index contributed by atoms with van der Waals surface area (Å²) in [5.74, 6) is 5.88. The molecular weight excluding hydrogens is 250 g/mol.